The standard InChI is InChI=1S/C34H47N3O6S/c1-10-19-37(30(39)26(21-44)36-32(41)43-34(7,8)9)28(27-22(2)15-14-16-23(27)3)29(38)35-25(31(40)42-33(4,5)6)20-24-17-12-11-13-18-24/h10-18,25-26,28,44H,1,19-21H2,2-9H3,(H,35,38)(H,36,41). The molecule has 240 valence electrons. The summed E-state index contributed by atoms with van der Waals surface area (Å²) < 4.78 is 11.0. The molecule has 44 heavy (non-hydrogen) atoms. The number of esters is 1. The van der Waals surface area contributed by atoms with Crippen LogP contribution in [0.3, 0.4) is 0 Å². The molecule has 0 aromatic heterocycles. The van der Waals surface area contributed by atoms with Crippen LogP contribution in [0.5, 0.6) is 0 Å². The minimum atomic E-state index is -1.18. The first-order valence-electron chi connectivity index (χ1n) is 14.6. The first kappa shape index (κ1) is 36.4. The van der Waals surface area contributed by atoms with Gasteiger partial charge in [0.05, 0.1) is 0 Å². The average Bonchev–Trinajstić information content (AvgIpc) is 2.90. The van der Waals surface area contributed by atoms with Crippen LogP contribution < -0.4 is 10.6 Å². The van der Waals surface area contributed by atoms with Gasteiger partial charge in [-0.25, -0.2) is 9.59 Å². The third-order valence-electron chi connectivity index (χ3n) is 6.45. The first-order valence-corrected chi connectivity index (χ1v) is 15.3. The monoisotopic (exact) mass is 625 g/mol. The molecule has 0 spiro atoms. The number of amides is 3. The maximum Gasteiger partial charge on any atom is 0.408 e. The SMILES string of the molecule is C=CCN(C(=O)C(CS)NC(=O)OC(C)(C)C)C(C(=O)NC(Cc1ccccc1)C(=O)OC(C)(C)C)c1c(C)cccc1C. The van der Waals surface area contributed by atoms with E-state index in [9.17, 15) is 19.2 Å². The summed E-state index contributed by atoms with van der Waals surface area (Å²) in [7, 11) is 0. The molecule has 2 rings (SSSR count). The van der Waals surface area contributed by atoms with E-state index in [1.807, 2.05) is 62.4 Å². The summed E-state index contributed by atoms with van der Waals surface area (Å²) in [5.41, 5.74) is 1.38. The second-order valence-corrected chi connectivity index (χ2v) is 13.0. The van der Waals surface area contributed by atoms with E-state index in [1.165, 1.54) is 11.0 Å². The Balaban J connectivity index is 2.60. The first-order chi connectivity index (χ1) is 20.5. The Morgan fingerprint density at radius 3 is 1.93 bits per heavy atom. The minimum Gasteiger partial charge on any atom is -0.458 e. The van der Waals surface area contributed by atoms with Gasteiger partial charge in [0.1, 0.15) is 29.3 Å². The Bertz CT molecular complexity index is 1300. The van der Waals surface area contributed by atoms with Crippen molar-refractivity contribution < 1.29 is 28.7 Å². The number of benzene rings is 2. The summed E-state index contributed by atoms with van der Waals surface area (Å²) in [6, 6.07) is 11.5. The molecule has 0 heterocycles. The van der Waals surface area contributed by atoms with E-state index in [0.717, 1.165) is 16.7 Å². The zero-order valence-electron chi connectivity index (χ0n) is 27.1. The number of thiol groups is 1. The smallest absolute Gasteiger partial charge is 0.408 e. The molecular weight excluding hydrogens is 578 g/mol. The summed E-state index contributed by atoms with van der Waals surface area (Å²) in [4.78, 5) is 55.8. The Labute approximate surface area is 267 Å². The molecule has 3 atom stereocenters. The fourth-order valence-electron chi connectivity index (χ4n) is 4.65. The molecule has 0 radical (unpaired) electrons. The van der Waals surface area contributed by atoms with Gasteiger partial charge in [0.15, 0.2) is 0 Å². The molecule has 0 aliphatic heterocycles. The second kappa shape index (κ2) is 15.8. The molecule has 9 nitrogen and oxygen atoms in total. The van der Waals surface area contributed by atoms with E-state index in [-0.39, 0.29) is 18.7 Å². The van der Waals surface area contributed by atoms with E-state index in [2.05, 4.69) is 29.8 Å². The van der Waals surface area contributed by atoms with Gasteiger partial charge in [-0.2, -0.15) is 12.6 Å². The van der Waals surface area contributed by atoms with Gasteiger partial charge >= 0.3 is 12.1 Å². The zero-order chi connectivity index (χ0) is 33.2. The predicted octanol–water partition coefficient (Wildman–Crippen LogP) is 5.25. The number of hydrogen-bond acceptors (Lipinski definition) is 7. The van der Waals surface area contributed by atoms with Crippen molar-refractivity contribution in [2.45, 2.75) is 91.1 Å². The van der Waals surface area contributed by atoms with E-state index in [0.29, 0.717) is 5.56 Å². The average molecular weight is 626 g/mol. The van der Waals surface area contributed by atoms with E-state index in [4.69, 9.17) is 9.47 Å². The van der Waals surface area contributed by atoms with Gasteiger partial charge in [-0.3, -0.25) is 9.59 Å². The molecular formula is C34H47N3O6S. The van der Waals surface area contributed by atoms with Crippen molar-refractivity contribution >= 4 is 36.5 Å². The largest absolute Gasteiger partial charge is 0.458 e. The van der Waals surface area contributed by atoms with Crippen LogP contribution in [0.2, 0.25) is 0 Å². The summed E-state index contributed by atoms with van der Waals surface area (Å²) in [5.74, 6) is -1.80. The number of carbonyl (C=O) groups is 4. The Kier molecular flexibility index (Phi) is 13.1. The van der Waals surface area contributed by atoms with Gasteiger partial charge in [-0.1, -0.05) is 54.6 Å². The lowest BCUT2D eigenvalue weighted by Gasteiger charge is -2.35. The molecule has 10 heteroatoms. The lowest BCUT2D eigenvalue weighted by atomic mass is 9.93. The fourth-order valence-corrected chi connectivity index (χ4v) is 4.90. The molecule has 0 fully saturated rings. The highest BCUT2D eigenvalue weighted by molar-refractivity contribution is 7.80. The quantitative estimate of drug-likeness (QED) is 0.169. The lowest BCUT2D eigenvalue weighted by molar-refractivity contribution is -0.159. The number of ether oxygens (including phenoxy) is 2. The maximum atomic E-state index is 14.4. The van der Waals surface area contributed by atoms with Crippen molar-refractivity contribution in [2.75, 3.05) is 12.3 Å². The van der Waals surface area contributed by atoms with Gasteiger partial charge in [0.2, 0.25) is 11.8 Å². The van der Waals surface area contributed by atoms with Crippen LogP contribution in [0.25, 0.3) is 0 Å². The Morgan fingerprint density at radius 1 is 0.864 bits per heavy atom. The zero-order valence-corrected chi connectivity index (χ0v) is 28.0. The number of hydrogen-bond donors (Lipinski definition) is 3. The number of aryl methyl sites for hydroxylation is 2. The highest BCUT2D eigenvalue weighted by atomic mass is 32.1. The fraction of sp³-hybridized carbons (Fsp3) is 0.471. The van der Waals surface area contributed by atoms with Crippen molar-refractivity contribution in [1.29, 1.82) is 0 Å². The summed E-state index contributed by atoms with van der Waals surface area (Å²) in [6.45, 7) is 17.9. The van der Waals surface area contributed by atoms with Crippen LogP contribution in [0, 0.1) is 13.8 Å². The number of alkyl carbamates (subject to hydrolysis) is 1. The van der Waals surface area contributed by atoms with Gasteiger partial charge in [-0.05, 0) is 77.6 Å². The summed E-state index contributed by atoms with van der Waals surface area (Å²) >= 11 is 4.32. The molecule has 0 saturated heterocycles. The normalized spacial score (nSPS) is 13.6. The van der Waals surface area contributed by atoms with E-state index in [1.54, 1.807) is 41.5 Å². The molecule has 3 amide bonds. The molecule has 3 unspecified atom stereocenters. The van der Waals surface area contributed by atoms with Crippen molar-refractivity contribution in [3.05, 3.63) is 83.4 Å². The van der Waals surface area contributed by atoms with Crippen molar-refractivity contribution in [2.24, 2.45) is 0 Å². The summed E-state index contributed by atoms with van der Waals surface area (Å²) in [5, 5.41) is 5.48. The number of nitrogens with one attached hydrogen (secondary N) is 2. The van der Waals surface area contributed by atoms with Gasteiger partial charge in [-0.15, -0.1) is 6.58 Å². The molecule has 2 aromatic rings. The van der Waals surface area contributed by atoms with Crippen LogP contribution in [0.1, 0.15) is 69.8 Å². The topological polar surface area (TPSA) is 114 Å². The minimum absolute atomic E-state index is 0.0270. The predicted molar refractivity (Wildman–Crippen MR) is 175 cm³/mol. The van der Waals surface area contributed by atoms with Crippen LogP contribution >= 0.6 is 12.6 Å². The molecule has 0 saturated carbocycles. The van der Waals surface area contributed by atoms with Gasteiger partial charge in [0, 0.05) is 18.7 Å². The van der Waals surface area contributed by atoms with E-state index < -0.39 is 53.2 Å². The number of rotatable bonds is 12. The number of carbonyl (C=O) groups excluding carboxylic acids is 4. The third-order valence-corrected chi connectivity index (χ3v) is 6.81. The van der Waals surface area contributed by atoms with Crippen molar-refractivity contribution in [1.82, 2.24) is 15.5 Å². The van der Waals surface area contributed by atoms with Crippen LogP contribution in [-0.2, 0) is 30.3 Å². The van der Waals surface area contributed by atoms with Crippen LogP contribution in [-0.4, -0.2) is 64.4 Å². The Hall–Kier alpha value is -3.79. The highest BCUT2D eigenvalue weighted by Gasteiger charge is 2.38. The highest BCUT2D eigenvalue weighted by Crippen LogP contribution is 2.29. The Morgan fingerprint density at radius 2 is 1.43 bits per heavy atom. The maximum absolute atomic E-state index is 14.4. The number of nitrogens with zero attached hydrogens (tertiary/aromatic N) is 1. The molecule has 0 aliphatic carbocycles. The van der Waals surface area contributed by atoms with Crippen molar-refractivity contribution in [3.63, 3.8) is 0 Å². The van der Waals surface area contributed by atoms with Crippen LogP contribution in [0.15, 0.2) is 61.2 Å². The molecule has 0 aliphatic rings. The third kappa shape index (κ3) is 11.0. The molecule has 2 N–H and O–H groups in total. The molecule has 2 aromatic carbocycles. The van der Waals surface area contributed by atoms with E-state index >= 15 is 0 Å². The van der Waals surface area contributed by atoms with Crippen molar-refractivity contribution in [3.8, 4) is 0 Å². The second-order valence-electron chi connectivity index (χ2n) is 12.7. The lowest BCUT2D eigenvalue weighted by Crippen LogP contribution is -2.55. The van der Waals surface area contributed by atoms with Gasteiger partial charge in [0.25, 0.3) is 0 Å². The van der Waals surface area contributed by atoms with Crippen LogP contribution in [0.4, 0.5) is 4.79 Å². The molecule has 0 bridgehead atoms. The summed E-state index contributed by atoms with van der Waals surface area (Å²) in [6.07, 6.45) is 0.893. The van der Waals surface area contributed by atoms with Gasteiger partial charge < -0.3 is 25.0 Å².